The molecule has 7 nitrogen and oxygen atoms in total. The van der Waals surface area contributed by atoms with Gasteiger partial charge in [-0.25, -0.2) is 9.59 Å². The van der Waals surface area contributed by atoms with Crippen molar-refractivity contribution in [1.29, 1.82) is 0 Å². The highest BCUT2D eigenvalue weighted by Gasteiger charge is 2.53. The number of esters is 2. The van der Waals surface area contributed by atoms with Gasteiger partial charge < -0.3 is 19.3 Å². The molecule has 0 aromatic carbocycles. The van der Waals surface area contributed by atoms with Crippen molar-refractivity contribution in [3.63, 3.8) is 0 Å². The monoisotopic (exact) mass is 376 g/mol. The third-order valence-electron chi connectivity index (χ3n) is 5.61. The number of aliphatic hydroxyl groups is 1. The molecule has 0 radical (unpaired) electrons. The minimum absolute atomic E-state index is 0.0591. The van der Waals surface area contributed by atoms with Crippen LogP contribution in [-0.2, 0) is 28.6 Å². The molecule has 3 heterocycles. The van der Waals surface area contributed by atoms with Crippen LogP contribution in [0.25, 0.3) is 0 Å². The van der Waals surface area contributed by atoms with Crippen molar-refractivity contribution in [2.24, 2.45) is 11.8 Å². The molecule has 0 aliphatic carbocycles. The molecule has 2 fully saturated rings. The molecule has 0 saturated carbocycles. The van der Waals surface area contributed by atoms with Gasteiger partial charge in [0.15, 0.2) is 5.60 Å². The van der Waals surface area contributed by atoms with E-state index in [2.05, 4.69) is 6.58 Å². The van der Waals surface area contributed by atoms with Gasteiger partial charge in [0, 0.05) is 29.6 Å². The van der Waals surface area contributed by atoms with E-state index in [9.17, 15) is 19.5 Å². The molecule has 146 valence electrons. The van der Waals surface area contributed by atoms with E-state index in [-0.39, 0.29) is 30.8 Å². The number of rotatable bonds is 3. The van der Waals surface area contributed by atoms with Crippen LogP contribution in [0.5, 0.6) is 0 Å². The first kappa shape index (κ1) is 19.4. The lowest BCUT2D eigenvalue weighted by molar-refractivity contribution is -0.153. The molecule has 2 bridgehead atoms. The molecule has 3 aliphatic rings. The Hall–Kier alpha value is -2.41. The lowest BCUT2D eigenvalue weighted by atomic mass is 9.80. The highest BCUT2D eigenvalue weighted by Crippen LogP contribution is 2.44. The van der Waals surface area contributed by atoms with E-state index >= 15 is 0 Å². The Balaban J connectivity index is 2.02. The number of allylic oxidation sites excluding steroid dienone is 1. The van der Waals surface area contributed by atoms with Gasteiger partial charge in [0.2, 0.25) is 5.78 Å². The van der Waals surface area contributed by atoms with Gasteiger partial charge in [0.05, 0.1) is 12.5 Å². The van der Waals surface area contributed by atoms with E-state index in [1.807, 2.05) is 0 Å². The van der Waals surface area contributed by atoms with E-state index in [0.29, 0.717) is 11.3 Å². The summed E-state index contributed by atoms with van der Waals surface area (Å²) in [5.74, 6) is -2.07. The predicted octanol–water partition coefficient (Wildman–Crippen LogP) is 1.61. The Morgan fingerprint density at radius 3 is 2.81 bits per heavy atom. The first-order valence-corrected chi connectivity index (χ1v) is 8.99. The average molecular weight is 376 g/mol. The largest absolute Gasteiger partial charge is 0.483 e. The first-order valence-electron chi connectivity index (χ1n) is 8.99. The van der Waals surface area contributed by atoms with Crippen LogP contribution < -0.4 is 0 Å². The van der Waals surface area contributed by atoms with Crippen molar-refractivity contribution in [3.8, 4) is 0 Å². The number of hydrogen-bond donors (Lipinski definition) is 1. The fraction of sp³-hybridized carbons (Fsp3) is 0.550. The molecule has 0 aromatic rings. The van der Waals surface area contributed by atoms with Crippen LogP contribution >= 0.6 is 0 Å². The van der Waals surface area contributed by atoms with Crippen molar-refractivity contribution in [1.82, 2.24) is 0 Å². The second kappa shape index (κ2) is 6.96. The lowest BCUT2D eigenvalue weighted by Gasteiger charge is -2.31. The van der Waals surface area contributed by atoms with Gasteiger partial charge in [0.25, 0.3) is 0 Å². The van der Waals surface area contributed by atoms with Crippen molar-refractivity contribution < 1.29 is 33.7 Å². The third-order valence-corrected chi connectivity index (χ3v) is 5.61. The molecule has 3 aliphatic heterocycles. The van der Waals surface area contributed by atoms with Crippen molar-refractivity contribution in [2.45, 2.75) is 51.4 Å². The summed E-state index contributed by atoms with van der Waals surface area (Å²) >= 11 is 0. The predicted molar refractivity (Wildman–Crippen MR) is 94.2 cm³/mol. The average Bonchev–Trinajstić information content (AvgIpc) is 3.08. The Morgan fingerprint density at radius 2 is 2.19 bits per heavy atom. The van der Waals surface area contributed by atoms with Gasteiger partial charge in [-0.2, -0.15) is 0 Å². The van der Waals surface area contributed by atoms with Gasteiger partial charge in [-0.1, -0.05) is 12.7 Å². The van der Waals surface area contributed by atoms with Gasteiger partial charge in [0.1, 0.15) is 18.0 Å². The van der Waals surface area contributed by atoms with Gasteiger partial charge in [-0.05, 0) is 27.2 Å². The second-order valence-corrected chi connectivity index (χ2v) is 7.47. The van der Waals surface area contributed by atoms with Gasteiger partial charge in [-0.15, -0.1) is 0 Å². The van der Waals surface area contributed by atoms with E-state index in [0.717, 1.165) is 0 Å². The Labute approximate surface area is 157 Å². The third kappa shape index (κ3) is 3.32. The molecule has 0 amide bonds. The number of carbonyl (C=O) groups excluding carboxylic acids is 3. The van der Waals surface area contributed by atoms with E-state index < -0.39 is 41.6 Å². The number of fused-ring (bicyclic) bond motifs is 3. The number of ether oxygens (including phenoxy) is 3. The molecule has 1 N–H and O–H groups in total. The molecular formula is C20H24O7. The zero-order valence-corrected chi connectivity index (χ0v) is 15.7. The number of hydrogen-bond acceptors (Lipinski definition) is 7. The summed E-state index contributed by atoms with van der Waals surface area (Å²) < 4.78 is 17.0. The fourth-order valence-corrected chi connectivity index (χ4v) is 3.81. The number of aliphatic hydroxyl groups excluding tert-OH is 1. The van der Waals surface area contributed by atoms with Gasteiger partial charge >= 0.3 is 11.9 Å². The van der Waals surface area contributed by atoms with Crippen LogP contribution in [0.1, 0.15) is 33.6 Å². The molecule has 7 heteroatoms. The zero-order chi connectivity index (χ0) is 19.9. The van der Waals surface area contributed by atoms with Crippen LogP contribution in [0.4, 0.5) is 0 Å². The second-order valence-electron chi connectivity index (χ2n) is 7.47. The van der Waals surface area contributed by atoms with Crippen LogP contribution in [0.2, 0.25) is 0 Å². The molecule has 5 atom stereocenters. The fourth-order valence-electron chi connectivity index (χ4n) is 3.81. The minimum atomic E-state index is -1.24. The molecular weight excluding hydrogens is 352 g/mol. The SMILES string of the molecule is C=C1C(=O)OC2CC(CO)C3=CC(=O)C(C)(CC(OC(=O)C(C)=CC)C12)O3. The Bertz CT molecular complexity index is 762. The molecule has 3 rings (SSSR count). The van der Waals surface area contributed by atoms with Crippen LogP contribution in [-0.4, -0.2) is 47.2 Å². The van der Waals surface area contributed by atoms with Crippen LogP contribution in [0.3, 0.4) is 0 Å². The highest BCUT2D eigenvalue weighted by atomic mass is 16.6. The van der Waals surface area contributed by atoms with Gasteiger partial charge in [-0.3, -0.25) is 4.79 Å². The molecule has 2 saturated heterocycles. The standard InChI is InChI=1S/C20H24O7/c1-5-10(2)18(23)26-15-8-20(4)16(22)7-13(27-20)12(9-21)6-14-17(15)11(3)19(24)25-14/h5,7,12,14-15,17,21H,3,6,8-9H2,1-2,4H3. The minimum Gasteiger partial charge on any atom is -0.483 e. The van der Waals surface area contributed by atoms with E-state index in [4.69, 9.17) is 14.2 Å². The lowest BCUT2D eigenvalue weighted by Crippen LogP contribution is -2.43. The summed E-state index contributed by atoms with van der Waals surface area (Å²) in [6.45, 7) is 8.52. The Morgan fingerprint density at radius 1 is 1.48 bits per heavy atom. The number of carbonyl (C=O) groups is 3. The van der Waals surface area contributed by atoms with E-state index in [1.165, 1.54) is 6.08 Å². The molecule has 0 aromatic heterocycles. The molecule has 5 unspecified atom stereocenters. The smallest absolute Gasteiger partial charge is 0.334 e. The Kier molecular flexibility index (Phi) is 4.99. The quantitative estimate of drug-likeness (QED) is 0.590. The summed E-state index contributed by atoms with van der Waals surface area (Å²) in [6.07, 6.45) is 1.87. The van der Waals surface area contributed by atoms with Crippen molar-refractivity contribution >= 4 is 17.7 Å². The zero-order valence-electron chi connectivity index (χ0n) is 15.7. The van der Waals surface area contributed by atoms with Crippen LogP contribution in [0, 0.1) is 11.8 Å². The van der Waals surface area contributed by atoms with Crippen LogP contribution in [0.15, 0.2) is 35.6 Å². The summed E-state index contributed by atoms with van der Waals surface area (Å²) in [6, 6.07) is 0. The first-order chi connectivity index (χ1) is 12.7. The number of ketones is 1. The van der Waals surface area contributed by atoms with Crippen molar-refractivity contribution in [3.05, 3.63) is 35.6 Å². The highest BCUT2D eigenvalue weighted by molar-refractivity contribution is 5.99. The summed E-state index contributed by atoms with van der Waals surface area (Å²) in [7, 11) is 0. The summed E-state index contributed by atoms with van der Waals surface area (Å²) in [5.41, 5.74) is -0.619. The normalized spacial score (nSPS) is 36.1. The summed E-state index contributed by atoms with van der Waals surface area (Å²) in [5, 5.41) is 9.77. The maximum Gasteiger partial charge on any atom is 0.334 e. The molecule has 0 spiro atoms. The topological polar surface area (TPSA) is 99.1 Å². The summed E-state index contributed by atoms with van der Waals surface area (Å²) in [4.78, 5) is 37.1. The maximum atomic E-state index is 12.6. The molecule has 27 heavy (non-hydrogen) atoms. The van der Waals surface area contributed by atoms with Crippen molar-refractivity contribution in [2.75, 3.05) is 6.61 Å². The maximum absolute atomic E-state index is 12.6. The van der Waals surface area contributed by atoms with E-state index in [1.54, 1.807) is 26.8 Å².